The predicted octanol–water partition coefficient (Wildman–Crippen LogP) is 4.63. The minimum Gasteiger partial charge on any atom is -0.492 e. The van der Waals surface area contributed by atoms with Crippen LogP contribution in [0.1, 0.15) is 63.9 Å². The number of benzene rings is 1. The molecule has 4 heteroatoms. The van der Waals surface area contributed by atoms with Gasteiger partial charge >= 0.3 is 0 Å². The number of carbonyl (C=O) groups is 2. The molecular formula is C26H31NO3. The molecule has 5 rings (SSSR count). The van der Waals surface area contributed by atoms with Gasteiger partial charge in [-0.15, -0.1) is 0 Å². The zero-order valence-electron chi connectivity index (χ0n) is 17.8. The molecule has 4 aliphatic rings. The molecule has 1 saturated carbocycles. The summed E-state index contributed by atoms with van der Waals surface area (Å²) in [5.74, 6) is 2.54. The van der Waals surface area contributed by atoms with Gasteiger partial charge in [0, 0.05) is 31.2 Å². The second-order valence-electron chi connectivity index (χ2n) is 9.66. The number of ketones is 2. The standard InChI is InChI=1S/C26H31NO3/c1-26-15-22(16-2-6-19(7-3-16)30-13-12-27)25-20-9-5-18(28)14-17(20)4-8-21(25)23(26)10-11-24(26)29/h2-3,6-7,21,23H,4-5,8-15,27H2,1H3/t21?,23?,26-/m0/s1. The molecular weight excluding hydrogens is 374 g/mol. The number of fused-ring (bicyclic) bond motifs is 4. The van der Waals surface area contributed by atoms with E-state index in [1.54, 1.807) is 0 Å². The third kappa shape index (κ3) is 3.08. The summed E-state index contributed by atoms with van der Waals surface area (Å²) in [7, 11) is 0. The third-order valence-electron chi connectivity index (χ3n) is 8.03. The maximum absolute atomic E-state index is 13.0. The van der Waals surface area contributed by atoms with E-state index in [0.29, 0.717) is 55.8 Å². The molecule has 0 saturated heterocycles. The Morgan fingerprint density at radius 3 is 2.60 bits per heavy atom. The van der Waals surface area contributed by atoms with Crippen LogP contribution < -0.4 is 10.5 Å². The third-order valence-corrected chi connectivity index (χ3v) is 8.03. The Kier molecular flexibility index (Phi) is 4.93. The predicted molar refractivity (Wildman–Crippen MR) is 117 cm³/mol. The van der Waals surface area contributed by atoms with Crippen molar-refractivity contribution in [2.24, 2.45) is 23.0 Å². The second-order valence-corrected chi connectivity index (χ2v) is 9.66. The zero-order valence-corrected chi connectivity index (χ0v) is 17.8. The van der Waals surface area contributed by atoms with Crippen LogP contribution in [0.15, 0.2) is 41.0 Å². The van der Waals surface area contributed by atoms with Crippen LogP contribution in [0.25, 0.3) is 5.57 Å². The number of allylic oxidation sites excluding steroid dienone is 4. The molecule has 30 heavy (non-hydrogen) atoms. The largest absolute Gasteiger partial charge is 0.492 e. The monoisotopic (exact) mass is 405 g/mol. The first-order chi connectivity index (χ1) is 14.5. The highest BCUT2D eigenvalue weighted by atomic mass is 16.5. The summed E-state index contributed by atoms with van der Waals surface area (Å²) in [4.78, 5) is 25.1. The molecule has 2 N–H and O–H groups in total. The first kappa shape index (κ1) is 19.7. The Hall–Kier alpha value is -2.20. The van der Waals surface area contributed by atoms with Crippen LogP contribution >= 0.6 is 0 Å². The van der Waals surface area contributed by atoms with Gasteiger partial charge in [-0.25, -0.2) is 0 Å². The molecule has 0 aliphatic heterocycles. The number of rotatable bonds is 4. The van der Waals surface area contributed by atoms with Gasteiger partial charge < -0.3 is 10.5 Å². The number of nitrogens with two attached hydrogens (primary N) is 1. The molecule has 0 spiro atoms. The highest BCUT2D eigenvalue weighted by Gasteiger charge is 2.54. The first-order valence-electron chi connectivity index (χ1n) is 11.4. The maximum atomic E-state index is 13.0. The van der Waals surface area contributed by atoms with E-state index in [-0.39, 0.29) is 5.41 Å². The molecule has 0 bridgehead atoms. The normalized spacial score (nSPS) is 30.9. The van der Waals surface area contributed by atoms with Crippen molar-refractivity contribution in [1.82, 2.24) is 0 Å². The zero-order chi connectivity index (χ0) is 20.9. The van der Waals surface area contributed by atoms with Gasteiger partial charge in [0.15, 0.2) is 0 Å². The lowest BCUT2D eigenvalue weighted by Gasteiger charge is -2.47. The van der Waals surface area contributed by atoms with Gasteiger partial charge in [0.25, 0.3) is 0 Å². The summed E-state index contributed by atoms with van der Waals surface area (Å²) >= 11 is 0. The number of ether oxygens (including phenoxy) is 1. The van der Waals surface area contributed by atoms with Crippen LogP contribution in [-0.4, -0.2) is 24.7 Å². The molecule has 3 atom stereocenters. The lowest BCUT2D eigenvalue weighted by atomic mass is 9.56. The van der Waals surface area contributed by atoms with Gasteiger partial charge in [0.05, 0.1) is 0 Å². The molecule has 1 aromatic carbocycles. The van der Waals surface area contributed by atoms with Crippen molar-refractivity contribution in [1.29, 1.82) is 0 Å². The highest BCUT2D eigenvalue weighted by Crippen LogP contribution is 2.61. The topological polar surface area (TPSA) is 69.4 Å². The summed E-state index contributed by atoms with van der Waals surface area (Å²) in [5, 5.41) is 0. The summed E-state index contributed by atoms with van der Waals surface area (Å²) in [6.07, 6.45) is 6.82. The molecule has 0 aromatic heterocycles. The van der Waals surface area contributed by atoms with Crippen molar-refractivity contribution in [3.05, 3.63) is 46.5 Å². The fraction of sp³-hybridized carbons (Fsp3) is 0.538. The van der Waals surface area contributed by atoms with Crippen LogP contribution in [0, 0.1) is 17.3 Å². The molecule has 0 heterocycles. The lowest BCUT2D eigenvalue weighted by Crippen LogP contribution is -2.40. The van der Waals surface area contributed by atoms with E-state index in [2.05, 4.69) is 19.1 Å². The summed E-state index contributed by atoms with van der Waals surface area (Å²) in [6.45, 7) is 3.21. The van der Waals surface area contributed by atoms with Crippen molar-refractivity contribution < 1.29 is 14.3 Å². The Labute approximate surface area is 178 Å². The van der Waals surface area contributed by atoms with Crippen LogP contribution in [0.3, 0.4) is 0 Å². The number of hydrogen-bond donors (Lipinski definition) is 1. The second kappa shape index (κ2) is 7.49. The van der Waals surface area contributed by atoms with Crippen molar-refractivity contribution >= 4 is 17.1 Å². The van der Waals surface area contributed by atoms with Crippen molar-refractivity contribution in [2.75, 3.05) is 13.2 Å². The average Bonchev–Trinajstić information content (AvgIpc) is 3.06. The van der Waals surface area contributed by atoms with Crippen molar-refractivity contribution in [2.45, 2.75) is 58.3 Å². The number of Topliss-reactive ketones (excluding diaryl/α,β-unsaturated/α-hetero) is 2. The lowest BCUT2D eigenvalue weighted by molar-refractivity contribution is -0.126. The van der Waals surface area contributed by atoms with E-state index >= 15 is 0 Å². The molecule has 4 aliphatic carbocycles. The Bertz CT molecular complexity index is 955. The van der Waals surface area contributed by atoms with Crippen LogP contribution in [0.2, 0.25) is 0 Å². The fourth-order valence-electron chi connectivity index (χ4n) is 6.57. The SMILES string of the molecule is C[C@]12CC(c3ccc(OCCN)cc3)=C3C4=C(CCC3C1CCC2=O)CC(=O)CC4. The molecule has 1 aromatic rings. The summed E-state index contributed by atoms with van der Waals surface area (Å²) in [5.41, 5.74) is 12.1. The fourth-order valence-corrected chi connectivity index (χ4v) is 6.57. The summed E-state index contributed by atoms with van der Waals surface area (Å²) in [6, 6.07) is 8.30. The molecule has 4 nitrogen and oxygen atoms in total. The molecule has 0 radical (unpaired) electrons. The van der Waals surface area contributed by atoms with Crippen molar-refractivity contribution in [3.8, 4) is 5.75 Å². The minimum absolute atomic E-state index is 0.249. The Morgan fingerprint density at radius 2 is 1.83 bits per heavy atom. The van der Waals surface area contributed by atoms with E-state index in [1.807, 2.05) is 12.1 Å². The quantitative estimate of drug-likeness (QED) is 0.793. The van der Waals surface area contributed by atoms with E-state index in [1.165, 1.54) is 27.9 Å². The minimum atomic E-state index is -0.249. The Morgan fingerprint density at radius 1 is 1.03 bits per heavy atom. The van der Waals surface area contributed by atoms with Crippen molar-refractivity contribution in [3.63, 3.8) is 0 Å². The molecule has 158 valence electrons. The van der Waals surface area contributed by atoms with Gasteiger partial charge in [-0.3, -0.25) is 9.59 Å². The van der Waals surface area contributed by atoms with Gasteiger partial charge in [0.1, 0.15) is 23.9 Å². The Balaban J connectivity index is 1.62. The highest BCUT2D eigenvalue weighted by molar-refractivity contribution is 5.92. The molecule has 2 unspecified atom stereocenters. The number of carbonyl (C=O) groups excluding carboxylic acids is 2. The van der Waals surface area contributed by atoms with E-state index < -0.39 is 0 Å². The van der Waals surface area contributed by atoms with Crippen LogP contribution in [0.4, 0.5) is 0 Å². The van der Waals surface area contributed by atoms with E-state index in [9.17, 15) is 9.59 Å². The van der Waals surface area contributed by atoms with Gasteiger partial charge in [0.2, 0.25) is 0 Å². The van der Waals surface area contributed by atoms with E-state index in [0.717, 1.165) is 37.9 Å². The summed E-state index contributed by atoms with van der Waals surface area (Å²) < 4.78 is 5.67. The number of hydrogen-bond acceptors (Lipinski definition) is 4. The molecule has 1 fully saturated rings. The van der Waals surface area contributed by atoms with Crippen LogP contribution in [-0.2, 0) is 9.59 Å². The van der Waals surface area contributed by atoms with E-state index in [4.69, 9.17) is 10.5 Å². The molecule has 0 amide bonds. The van der Waals surface area contributed by atoms with Gasteiger partial charge in [-0.1, -0.05) is 24.6 Å². The first-order valence-corrected chi connectivity index (χ1v) is 11.4. The average molecular weight is 406 g/mol. The smallest absolute Gasteiger partial charge is 0.139 e. The van der Waals surface area contributed by atoms with Crippen LogP contribution in [0.5, 0.6) is 5.75 Å². The van der Waals surface area contributed by atoms with Gasteiger partial charge in [-0.05, 0) is 78.4 Å². The maximum Gasteiger partial charge on any atom is 0.139 e. The van der Waals surface area contributed by atoms with Gasteiger partial charge in [-0.2, -0.15) is 0 Å².